The monoisotopic (exact) mass is 185 g/mol. The second-order valence-corrected chi connectivity index (χ2v) is 4.82. The molecule has 0 aromatic carbocycles. The second kappa shape index (κ2) is 3.23. The van der Waals surface area contributed by atoms with E-state index in [4.69, 9.17) is 0 Å². The summed E-state index contributed by atoms with van der Waals surface area (Å²) in [7, 11) is 0. The molecule has 1 heterocycles. The molecule has 1 aliphatic carbocycles. The number of aliphatic hydroxyl groups excluding tert-OH is 1. The van der Waals surface area contributed by atoms with Gasteiger partial charge >= 0.3 is 0 Å². The Balaban J connectivity index is 1.87. The van der Waals surface area contributed by atoms with Gasteiger partial charge in [0.25, 0.3) is 0 Å². The van der Waals surface area contributed by atoms with Crippen molar-refractivity contribution in [3.63, 3.8) is 0 Å². The lowest BCUT2D eigenvalue weighted by Gasteiger charge is -2.50. The van der Waals surface area contributed by atoms with Gasteiger partial charge in [-0.05, 0) is 19.8 Å². The first-order valence-electron chi connectivity index (χ1n) is 5.23. The Bertz CT molecular complexity index is 185. The average molecular weight is 185 g/mol. The van der Waals surface area contributed by atoms with Crippen molar-refractivity contribution < 1.29 is 10.2 Å². The predicted molar refractivity (Wildman–Crippen MR) is 50.5 cm³/mol. The highest BCUT2D eigenvalue weighted by molar-refractivity contribution is 4.97. The smallest absolute Gasteiger partial charge is 0.0872 e. The lowest BCUT2D eigenvalue weighted by molar-refractivity contribution is -0.128. The van der Waals surface area contributed by atoms with Crippen LogP contribution in [0.5, 0.6) is 0 Å². The Labute approximate surface area is 79.4 Å². The highest BCUT2D eigenvalue weighted by Gasteiger charge is 2.42. The van der Waals surface area contributed by atoms with Gasteiger partial charge in [0.2, 0.25) is 0 Å². The Hall–Kier alpha value is -0.120. The largest absolute Gasteiger partial charge is 0.391 e. The van der Waals surface area contributed by atoms with Crippen LogP contribution in [-0.4, -0.2) is 45.9 Å². The van der Waals surface area contributed by atoms with Crippen LogP contribution in [0.25, 0.3) is 0 Å². The number of likely N-dealkylation sites (tertiary alicyclic amines) is 1. The van der Waals surface area contributed by atoms with Crippen LogP contribution < -0.4 is 0 Å². The Morgan fingerprint density at radius 2 is 1.85 bits per heavy atom. The van der Waals surface area contributed by atoms with E-state index in [1.165, 1.54) is 6.42 Å². The molecular formula is C10H19NO2. The van der Waals surface area contributed by atoms with Crippen molar-refractivity contribution >= 4 is 0 Å². The second-order valence-electron chi connectivity index (χ2n) is 4.82. The van der Waals surface area contributed by atoms with Gasteiger partial charge in [-0.2, -0.15) is 0 Å². The number of β-amino-alcohol motifs (C(OH)–C–C–N with tert-alkyl or cyclic N) is 1. The summed E-state index contributed by atoms with van der Waals surface area (Å²) in [5.74, 6) is 0. The minimum absolute atomic E-state index is 0.162. The molecule has 0 unspecified atom stereocenters. The van der Waals surface area contributed by atoms with E-state index in [2.05, 4.69) is 4.90 Å². The molecule has 76 valence electrons. The quantitative estimate of drug-likeness (QED) is 0.620. The minimum atomic E-state index is -0.503. The van der Waals surface area contributed by atoms with Gasteiger partial charge in [-0.1, -0.05) is 12.8 Å². The van der Waals surface area contributed by atoms with E-state index in [1.807, 2.05) is 6.92 Å². The highest BCUT2D eigenvalue weighted by Crippen LogP contribution is 2.30. The van der Waals surface area contributed by atoms with E-state index in [9.17, 15) is 10.2 Å². The fourth-order valence-electron chi connectivity index (χ4n) is 2.58. The highest BCUT2D eigenvalue weighted by atomic mass is 16.3. The van der Waals surface area contributed by atoms with E-state index < -0.39 is 5.60 Å². The van der Waals surface area contributed by atoms with Crippen molar-refractivity contribution in [3.8, 4) is 0 Å². The molecule has 3 heteroatoms. The first-order valence-corrected chi connectivity index (χ1v) is 5.23. The normalized spacial score (nSPS) is 39.9. The van der Waals surface area contributed by atoms with Gasteiger partial charge in [0, 0.05) is 19.1 Å². The van der Waals surface area contributed by atoms with E-state index in [0.29, 0.717) is 6.04 Å². The van der Waals surface area contributed by atoms with Crippen LogP contribution in [-0.2, 0) is 0 Å². The van der Waals surface area contributed by atoms with Crippen LogP contribution in [0.4, 0.5) is 0 Å². The third kappa shape index (κ3) is 1.87. The molecule has 0 bridgehead atoms. The number of hydrogen-bond donors (Lipinski definition) is 2. The molecule has 0 aromatic rings. The van der Waals surface area contributed by atoms with Crippen LogP contribution in [0.3, 0.4) is 0 Å². The maximum absolute atomic E-state index is 9.75. The average Bonchev–Trinajstić information content (AvgIpc) is 2.01. The summed E-state index contributed by atoms with van der Waals surface area (Å²) in [5, 5.41) is 19.3. The number of aliphatic hydroxyl groups is 2. The van der Waals surface area contributed by atoms with Gasteiger partial charge < -0.3 is 10.2 Å². The summed E-state index contributed by atoms with van der Waals surface area (Å²) in [5.41, 5.74) is -0.503. The number of hydrogen-bond acceptors (Lipinski definition) is 3. The van der Waals surface area contributed by atoms with Crippen molar-refractivity contribution in [2.75, 3.05) is 13.1 Å². The molecule has 0 aromatic heterocycles. The van der Waals surface area contributed by atoms with Crippen LogP contribution in [0.2, 0.25) is 0 Å². The van der Waals surface area contributed by atoms with Gasteiger partial charge in [-0.3, -0.25) is 4.90 Å². The van der Waals surface area contributed by atoms with Gasteiger partial charge in [0.15, 0.2) is 0 Å². The first-order chi connectivity index (χ1) is 6.08. The van der Waals surface area contributed by atoms with Crippen LogP contribution >= 0.6 is 0 Å². The van der Waals surface area contributed by atoms with Crippen LogP contribution in [0.15, 0.2) is 0 Å². The molecule has 2 fully saturated rings. The summed E-state index contributed by atoms with van der Waals surface area (Å²) in [6.45, 7) is 3.32. The number of nitrogens with zero attached hydrogens (tertiary/aromatic N) is 1. The molecule has 0 radical (unpaired) electrons. The predicted octanol–water partition coefficient (Wildman–Crippen LogP) is 0.357. The van der Waals surface area contributed by atoms with Crippen molar-refractivity contribution in [2.24, 2.45) is 0 Å². The molecule has 0 spiro atoms. The van der Waals surface area contributed by atoms with Crippen molar-refractivity contribution in [3.05, 3.63) is 0 Å². The minimum Gasteiger partial charge on any atom is -0.391 e. The summed E-state index contributed by atoms with van der Waals surface area (Å²) < 4.78 is 0. The van der Waals surface area contributed by atoms with Gasteiger partial charge in [-0.15, -0.1) is 0 Å². The third-order valence-electron chi connectivity index (χ3n) is 3.25. The maximum Gasteiger partial charge on any atom is 0.0872 e. The third-order valence-corrected chi connectivity index (χ3v) is 3.25. The Morgan fingerprint density at radius 1 is 1.23 bits per heavy atom. The van der Waals surface area contributed by atoms with Gasteiger partial charge in [0.05, 0.1) is 11.7 Å². The summed E-state index contributed by atoms with van der Waals surface area (Å²) in [4.78, 5) is 2.21. The molecule has 2 aliphatic rings. The molecule has 3 nitrogen and oxygen atoms in total. The summed E-state index contributed by atoms with van der Waals surface area (Å²) in [6.07, 6.45) is 4.24. The topological polar surface area (TPSA) is 43.7 Å². The fraction of sp³-hybridized carbons (Fsp3) is 1.00. The zero-order chi connectivity index (χ0) is 9.47. The molecule has 2 N–H and O–H groups in total. The number of rotatable bonds is 1. The van der Waals surface area contributed by atoms with Crippen LogP contribution in [0.1, 0.15) is 32.6 Å². The molecular weight excluding hydrogens is 166 g/mol. The lowest BCUT2D eigenvalue weighted by atomic mass is 9.86. The SMILES string of the molecule is CC1(O)CN([C@H]2CCCC[C@@H]2O)C1. The van der Waals surface area contributed by atoms with E-state index in [0.717, 1.165) is 32.4 Å². The van der Waals surface area contributed by atoms with Crippen LogP contribution in [0, 0.1) is 0 Å². The molecule has 1 saturated heterocycles. The summed E-state index contributed by atoms with van der Waals surface area (Å²) >= 11 is 0. The Morgan fingerprint density at radius 3 is 2.38 bits per heavy atom. The van der Waals surface area contributed by atoms with Crippen molar-refractivity contribution in [2.45, 2.75) is 50.4 Å². The Kier molecular flexibility index (Phi) is 2.34. The summed E-state index contributed by atoms with van der Waals surface area (Å²) in [6, 6.07) is 0.314. The van der Waals surface area contributed by atoms with Crippen molar-refractivity contribution in [1.29, 1.82) is 0 Å². The molecule has 1 saturated carbocycles. The zero-order valence-electron chi connectivity index (χ0n) is 8.24. The molecule has 13 heavy (non-hydrogen) atoms. The molecule has 0 amide bonds. The zero-order valence-corrected chi connectivity index (χ0v) is 8.24. The van der Waals surface area contributed by atoms with Gasteiger partial charge in [-0.25, -0.2) is 0 Å². The van der Waals surface area contributed by atoms with E-state index in [-0.39, 0.29) is 6.10 Å². The molecule has 2 rings (SSSR count). The lowest BCUT2D eigenvalue weighted by Crippen LogP contribution is -2.65. The van der Waals surface area contributed by atoms with Crippen molar-refractivity contribution in [1.82, 2.24) is 4.90 Å². The first kappa shape index (κ1) is 9.44. The van der Waals surface area contributed by atoms with E-state index in [1.54, 1.807) is 0 Å². The van der Waals surface area contributed by atoms with E-state index >= 15 is 0 Å². The molecule has 2 atom stereocenters. The standard InChI is InChI=1S/C10H19NO2/c1-10(13)6-11(7-10)8-4-2-3-5-9(8)12/h8-9,12-13H,2-7H2,1H3/t8-,9-/m0/s1. The maximum atomic E-state index is 9.75. The molecule has 1 aliphatic heterocycles. The van der Waals surface area contributed by atoms with Gasteiger partial charge in [0.1, 0.15) is 0 Å². The fourth-order valence-corrected chi connectivity index (χ4v) is 2.58.